The topological polar surface area (TPSA) is 63.5 Å². The van der Waals surface area contributed by atoms with Crippen LogP contribution in [0.15, 0.2) is 30.5 Å². The van der Waals surface area contributed by atoms with Gasteiger partial charge in [-0.05, 0) is 43.9 Å². The molecule has 7 nitrogen and oxygen atoms in total. The molecule has 0 radical (unpaired) electrons. The van der Waals surface area contributed by atoms with E-state index in [0.29, 0.717) is 12.6 Å². The first kappa shape index (κ1) is 18.0. The summed E-state index contributed by atoms with van der Waals surface area (Å²) in [5.41, 5.74) is 2.68. The molecule has 3 heterocycles. The third kappa shape index (κ3) is 3.43. The highest BCUT2D eigenvalue weighted by Gasteiger charge is 2.44. The molecule has 0 N–H and O–H groups in total. The lowest BCUT2D eigenvalue weighted by atomic mass is 9.96. The Morgan fingerprint density at radius 3 is 2.63 bits per heavy atom. The second-order valence-electron chi connectivity index (χ2n) is 7.79. The summed E-state index contributed by atoms with van der Waals surface area (Å²) in [4.78, 5) is 17.4. The van der Waals surface area contributed by atoms with Crippen molar-refractivity contribution >= 4 is 11.6 Å². The zero-order valence-electron chi connectivity index (χ0n) is 16.2. The summed E-state index contributed by atoms with van der Waals surface area (Å²) in [6, 6.07) is 8.76. The third-order valence-corrected chi connectivity index (χ3v) is 5.78. The largest absolute Gasteiger partial charge is 0.378 e. The molecule has 7 heteroatoms. The molecule has 2 aliphatic rings. The maximum absolute atomic E-state index is 13.2. The summed E-state index contributed by atoms with van der Waals surface area (Å²) in [5, 5.41) is 8.47. The van der Waals surface area contributed by atoms with Gasteiger partial charge in [-0.1, -0.05) is 11.3 Å². The number of carbonyl (C=O) groups excluding carboxylic acids is 1. The quantitative estimate of drug-likeness (QED) is 0.810. The van der Waals surface area contributed by atoms with E-state index >= 15 is 0 Å². The molecule has 2 bridgehead atoms. The number of ether oxygens (including phenoxy) is 1. The number of carbonyl (C=O) groups is 1. The highest BCUT2D eigenvalue weighted by atomic mass is 16.5. The Balaban J connectivity index is 1.50. The van der Waals surface area contributed by atoms with Gasteiger partial charge in [0.2, 0.25) is 0 Å². The van der Waals surface area contributed by atoms with Gasteiger partial charge in [0.25, 0.3) is 5.91 Å². The van der Waals surface area contributed by atoms with E-state index in [2.05, 4.69) is 15.2 Å². The zero-order chi connectivity index (χ0) is 19.0. The lowest BCUT2D eigenvalue weighted by Gasteiger charge is -2.39. The van der Waals surface area contributed by atoms with Gasteiger partial charge in [-0.2, -0.15) is 0 Å². The molecule has 2 fully saturated rings. The normalized spacial score (nSPS) is 24.3. The number of methoxy groups -OCH3 is 1. The number of benzene rings is 1. The highest BCUT2D eigenvalue weighted by Crippen LogP contribution is 2.41. The van der Waals surface area contributed by atoms with Gasteiger partial charge in [-0.3, -0.25) is 4.79 Å². The average molecular weight is 369 g/mol. The van der Waals surface area contributed by atoms with Crippen LogP contribution in [0.25, 0.3) is 0 Å². The van der Waals surface area contributed by atoms with E-state index < -0.39 is 0 Å². The minimum absolute atomic E-state index is 0.156. The number of aromatic nitrogens is 3. The van der Waals surface area contributed by atoms with Crippen molar-refractivity contribution in [3.63, 3.8) is 0 Å². The fourth-order valence-corrected chi connectivity index (χ4v) is 4.47. The standard InChI is InChI=1S/C20H27N5O2/c1-23(2)16-6-4-5-14(9-16)20(26)25-17-7-8-18(25)11-19(10-17)24-12-15(13-27-3)21-22-24/h4-6,9,12,17-19H,7-8,10-11,13H2,1-3H3. The summed E-state index contributed by atoms with van der Waals surface area (Å²) in [7, 11) is 5.65. The molecule has 2 atom stereocenters. The van der Waals surface area contributed by atoms with E-state index in [1.807, 2.05) is 54.1 Å². The number of piperidine rings is 1. The van der Waals surface area contributed by atoms with Crippen molar-refractivity contribution in [1.29, 1.82) is 0 Å². The van der Waals surface area contributed by atoms with Crippen LogP contribution < -0.4 is 4.90 Å². The molecule has 1 amide bonds. The Labute approximate surface area is 159 Å². The van der Waals surface area contributed by atoms with Crippen LogP contribution in [0.1, 0.15) is 47.8 Å². The molecule has 1 aromatic carbocycles. The number of fused-ring (bicyclic) bond motifs is 2. The van der Waals surface area contributed by atoms with Crippen LogP contribution in [0.2, 0.25) is 0 Å². The summed E-state index contributed by atoms with van der Waals surface area (Å²) in [6.07, 6.45) is 5.99. The van der Waals surface area contributed by atoms with Crippen molar-refractivity contribution in [2.24, 2.45) is 0 Å². The van der Waals surface area contributed by atoms with E-state index in [1.54, 1.807) is 7.11 Å². The van der Waals surface area contributed by atoms with Gasteiger partial charge in [-0.15, -0.1) is 5.10 Å². The number of anilines is 1. The van der Waals surface area contributed by atoms with Crippen molar-refractivity contribution in [3.8, 4) is 0 Å². The van der Waals surface area contributed by atoms with Crippen LogP contribution in [0.5, 0.6) is 0 Å². The molecule has 0 spiro atoms. The first-order valence-electron chi connectivity index (χ1n) is 9.56. The molecule has 1 aromatic heterocycles. The molecular weight excluding hydrogens is 342 g/mol. The van der Waals surface area contributed by atoms with E-state index in [-0.39, 0.29) is 18.0 Å². The van der Waals surface area contributed by atoms with Crippen LogP contribution >= 0.6 is 0 Å². The fourth-order valence-electron chi connectivity index (χ4n) is 4.47. The van der Waals surface area contributed by atoms with E-state index in [9.17, 15) is 4.79 Å². The van der Waals surface area contributed by atoms with Crippen LogP contribution in [-0.4, -0.2) is 59.1 Å². The predicted molar refractivity (Wildman–Crippen MR) is 103 cm³/mol. The molecule has 2 unspecified atom stereocenters. The van der Waals surface area contributed by atoms with Gasteiger partial charge >= 0.3 is 0 Å². The highest BCUT2D eigenvalue weighted by molar-refractivity contribution is 5.95. The average Bonchev–Trinajstić information content (AvgIpc) is 3.23. The summed E-state index contributed by atoms with van der Waals surface area (Å²) < 4.78 is 7.10. The van der Waals surface area contributed by atoms with E-state index in [0.717, 1.165) is 42.6 Å². The molecule has 2 aromatic rings. The minimum atomic E-state index is 0.156. The Hall–Kier alpha value is -2.41. The lowest BCUT2D eigenvalue weighted by Crippen LogP contribution is -2.47. The fraction of sp³-hybridized carbons (Fsp3) is 0.550. The van der Waals surface area contributed by atoms with Gasteiger partial charge in [0, 0.05) is 44.5 Å². The van der Waals surface area contributed by atoms with Crippen LogP contribution in [-0.2, 0) is 11.3 Å². The van der Waals surface area contributed by atoms with Gasteiger partial charge in [0.15, 0.2) is 0 Å². The number of rotatable bonds is 5. The summed E-state index contributed by atoms with van der Waals surface area (Å²) in [6.45, 7) is 0.479. The number of hydrogen-bond donors (Lipinski definition) is 0. The SMILES string of the molecule is COCc1cn(C2CC3CCC(C2)N3C(=O)c2cccc(N(C)C)c2)nn1. The summed E-state index contributed by atoms with van der Waals surface area (Å²) >= 11 is 0. The Morgan fingerprint density at radius 2 is 1.96 bits per heavy atom. The summed E-state index contributed by atoms with van der Waals surface area (Å²) in [5.74, 6) is 0.156. The minimum Gasteiger partial charge on any atom is -0.378 e. The first-order chi connectivity index (χ1) is 13.1. The monoisotopic (exact) mass is 369 g/mol. The second-order valence-corrected chi connectivity index (χ2v) is 7.79. The third-order valence-electron chi connectivity index (χ3n) is 5.78. The first-order valence-corrected chi connectivity index (χ1v) is 9.56. The van der Waals surface area contributed by atoms with Crippen molar-refractivity contribution < 1.29 is 9.53 Å². The maximum atomic E-state index is 13.2. The van der Waals surface area contributed by atoms with Crippen molar-refractivity contribution in [2.75, 3.05) is 26.1 Å². The Morgan fingerprint density at radius 1 is 1.22 bits per heavy atom. The number of nitrogens with zero attached hydrogens (tertiary/aromatic N) is 5. The van der Waals surface area contributed by atoms with E-state index in [4.69, 9.17) is 4.74 Å². The molecule has 2 aliphatic heterocycles. The van der Waals surface area contributed by atoms with Gasteiger partial charge in [0.1, 0.15) is 5.69 Å². The number of amides is 1. The molecule has 144 valence electrons. The molecule has 0 aliphatic carbocycles. The van der Waals surface area contributed by atoms with Gasteiger partial charge in [-0.25, -0.2) is 4.68 Å². The Kier molecular flexibility index (Phi) is 4.86. The maximum Gasteiger partial charge on any atom is 0.254 e. The Bertz CT molecular complexity index is 804. The smallest absolute Gasteiger partial charge is 0.254 e. The van der Waals surface area contributed by atoms with Crippen molar-refractivity contribution in [3.05, 3.63) is 41.7 Å². The molecule has 2 saturated heterocycles. The van der Waals surface area contributed by atoms with Crippen LogP contribution in [0.3, 0.4) is 0 Å². The van der Waals surface area contributed by atoms with Crippen LogP contribution in [0.4, 0.5) is 5.69 Å². The van der Waals surface area contributed by atoms with Crippen molar-refractivity contribution in [2.45, 2.75) is 50.4 Å². The lowest BCUT2D eigenvalue weighted by molar-refractivity contribution is 0.0523. The molecule has 4 rings (SSSR count). The van der Waals surface area contributed by atoms with Gasteiger partial charge in [0.05, 0.1) is 18.8 Å². The molecular formula is C20H27N5O2. The number of hydrogen-bond acceptors (Lipinski definition) is 5. The van der Waals surface area contributed by atoms with Crippen molar-refractivity contribution in [1.82, 2.24) is 19.9 Å². The molecule has 27 heavy (non-hydrogen) atoms. The molecule has 0 saturated carbocycles. The van der Waals surface area contributed by atoms with Crippen LogP contribution in [0, 0.1) is 0 Å². The van der Waals surface area contributed by atoms with E-state index in [1.165, 1.54) is 0 Å². The zero-order valence-corrected chi connectivity index (χ0v) is 16.2. The predicted octanol–water partition coefficient (Wildman–Crippen LogP) is 2.50. The van der Waals surface area contributed by atoms with Gasteiger partial charge < -0.3 is 14.5 Å². The second kappa shape index (κ2) is 7.31.